The first-order valence-corrected chi connectivity index (χ1v) is 9.78. The minimum atomic E-state index is -1.93. The zero-order chi connectivity index (χ0) is 20.4. The fourth-order valence-electron chi connectivity index (χ4n) is 4.06. The van der Waals surface area contributed by atoms with Crippen molar-refractivity contribution in [3.63, 3.8) is 0 Å². The maximum atomic E-state index is 12.4. The maximum absolute atomic E-state index is 12.4. The smallest absolute Gasteiger partial charge is 0.341 e. The Labute approximate surface area is 161 Å². The largest absolute Gasteiger partial charge is 0.463 e. The van der Waals surface area contributed by atoms with Gasteiger partial charge in [0.25, 0.3) is 0 Å². The number of allylic oxidation sites excluding steroid dienone is 1. The molecule has 2 aliphatic rings. The second-order valence-electron chi connectivity index (χ2n) is 8.03. The van der Waals surface area contributed by atoms with Gasteiger partial charge >= 0.3 is 11.9 Å². The van der Waals surface area contributed by atoms with Gasteiger partial charge in [0.2, 0.25) is 0 Å². The minimum absolute atomic E-state index is 0.0186. The number of hydrogen-bond donors (Lipinski definition) is 2. The fraction of sp³-hybridized carbons (Fsp3) is 0.800. The summed E-state index contributed by atoms with van der Waals surface area (Å²) in [6.45, 7) is 10.1. The summed E-state index contributed by atoms with van der Waals surface area (Å²) < 4.78 is 11.1. The molecule has 0 spiro atoms. The SMILES string of the molecule is CC=C(C)C(=O)OC1CCN2CCC(COC(=O)C(O)(C(C)C)C(C)O)C12. The minimum Gasteiger partial charge on any atom is -0.463 e. The average molecular weight is 383 g/mol. The van der Waals surface area contributed by atoms with Crippen LogP contribution in [-0.2, 0) is 19.1 Å². The van der Waals surface area contributed by atoms with E-state index in [1.165, 1.54) is 6.92 Å². The van der Waals surface area contributed by atoms with Crippen LogP contribution >= 0.6 is 0 Å². The highest BCUT2D eigenvalue weighted by atomic mass is 16.6. The molecule has 0 bridgehead atoms. The van der Waals surface area contributed by atoms with E-state index in [0.29, 0.717) is 5.57 Å². The number of hydrogen-bond acceptors (Lipinski definition) is 7. The van der Waals surface area contributed by atoms with Crippen molar-refractivity contribution in [1.29, 1.82) is 0 Å². The number of ether oxygens (including phenoxy) is 2. The lowest BCUT2D eigenvalue weighted by molar-refractivity contribution is -0.186. The molecule has 2 saturated heterocycles. The molecule has 0 aliphatic carbocycles. The van der Waals surface area contributed by atoms with Gasteiger partial charge in [-0.25, -0.2) is 9.59 Å². The van der Waals surface area contributed by atoms with E-state index in [1.807, 2.05) is 0 Å². The standard InChI is InChI=1S/C20H33NO6/c1-6-13(4)18(23)27-16-8-10-21-9-7-15(17(16)21)11-26-19(24)20(25,12(2)3)14(5)22/h6,12,14-17,22,25H,7-11H2,1-5H3. The van der Waals surface area contributed by atoms with E-state index in [9.17, 15) is 19.8 Å². The molecule has 0 aromatic carbocycles. The normalized spacial score (nSPS) is 29.3. The van der Waals surface area contributed by atoms with Gasteiger partial charge in [-0.2, -0.15) is 0 Å². The number of aliphatic hydroxyl groups is 2. The summed E-state index contributed by atoms with van der Waals surface area (Å²) in [5, 5.41) is 20.4. The first-order chi connectivity index (χ1) is 12.6. The highest BCUT2D eigenvalue weighted by Crippen LogP contribution is 2.35. The molecule has 0 aromatic rings. The van der Waals surface area contributed by atoms with Crippen LogP contribution in [0.3, 0.4) is 0 Å². The number of aliphatic hydroxyl groups excluding tert-OH is 1. The van der Waals surface area contributed by atoms with Crippen LogP contribution in [-0.4, -0.2) is 70.6 Å². The summed E-state index contributed by atoms with van der Waals surface area (Å²) in [6, 6.07) is 0.0186. The summed E-state index contributed by atoms with van der Waals surface area (Å²) >= 11 is 0. The van der Waals surface area contributed by atoms with E-state index < -0.39 is 23.6 Å². The second kappa shape index (κ2) is 8.71. The van der Waals surface area contributed by atoms with Crippen LogP contribution in [0.25, 0.3) is 0 Å². The molecule has 2 rings (SSSR count). The molecule has 2 fully saturated rings. The third kappa shape index (κ3) is 4.36. The van der Waals surface area contributed by atoms with E-state index >= 15 is 0 Å². The van der Waals surface area contributed by atoms with Gasteiger partial charge in [-0.3, -0.25) is 4.90 Å². The fourth-order valence-corrected chi connectivity index (χ4v) is 4.06. The number of carbonyl (C=O) groups is 2. The average Bonchev–Trinajstić information content (AvgIpc) is 3.20. The quantitative estimate of drug-likeness (QED) is 0.505. The Morgan fingerprint density at radius 1 is 1.26 bits per heavy atom. The van der Waals surface area contributed by atoms with E-state index in [-0.39, 0.29) is 30.6 Å². The highest BCUT2D eigenvalue weighted by Gasteiger charge is 2.49. The number of nitrogens with zero attached hydrogens (tertiary/aromatic N) is 1. The molecule has 0 amide bonds. The number of fused-ring (bicyclic) bond motifs is 1. The first-order valence-electron chi connectivity index (χ1n) is 9.78. The van der Waals surface area contributed by atoms with Gasteiger partial charge in [0.1, 0.15) is 6.10 Å². The molecule has 2 aliphatic heterocycles. The first kappa shape index (κ1) is 21.9. The van der Waals surface area contributed by atoms with E-state index in [2.05, 4.69) is 4.90 Å². The van der Waals surface area contributed by atoms with Crippen molar-refractivity contribution in [1.82, 2.24) is 4.90 Å². The zero-order valence-corrected chi connectivity index (χ0v) is 17.0. The van der Waals surface area contributed by atoms with Crippen LogP contribution in [0.5, 0.6) is 0 Å². The molecule has 2 heterocycles. The molecule has 0 radical (unpaired) electrons. The van der Waals surface area contributed by atoms with Crippen LogP contribution in [0, 0.1) is 11.8 Å². The Hall–Kier alpha value is -1.44. The van der Waals surface area contributed by atoms with Gasteiger partial charge in [-0.15, -0.1) is 0 Å². The van der Waals surface area contributed by atoms with Gasteiger partial charge in [0, 0.05) is 18.0 Å². The molecule has 0 saturated carbocycles. The molecule has 5 atom stereocenters. The number of carbonyl (C=O) groups excluding carboxylic acids is 2. The number of rotatable bonds is 7. The van der Waals surface area contributed by atoms with Crippen molar-refractivity contribution in [3.05, 3.63) is 11.6 Å². The third-order valence-corrected chi connectivity index (χ3v) is 6.06. The Kier molecular flexibility index (Phi) is 7.05. The lowest BCUT2D eigenvalue weighted by Gasteiger charge is -2.33. The highest BCUT2D eigenvalue weighted by molar-refractivity contribution is 5.87. The van der Waals surface area contributed by atoms with E-state index in [1.54, 1.807) is 33.8 Å². The van der Waals surface area contributed by atoms with E-state index in [0.717, 1.165) is 25.9 Å². The monoisotopic (exact) mass is 383 g/mol. The summed E-state index contributed by atoms with van der Waals surface area (Å²) in [6.07, 6.45) is 1.88. The van der Waals surface area contributed by atoms with Gasteiger partial charge in [0.05, 0.1) is 18.8 Å². The Balaban J connectivity index is 2.00. The lowest BCUT2D eigenvalue weighted by atomic mass is 9.85. The van der Waals surface area contributed by atoms with Crippen molar-refractivity contribution in [2.24, 2.45) is 11.8 Å². The molecule has 5 unspecified atom stereocenters. The molecule has 27 heavy (non-hydrogen) atoms. The number of esters is 2. The lowest BCUT2D eigenvalue weighted by Crippen LogP contribution is -2.53. The third-order valence-electron chi connectivity index (χ3n) is 6.06. The van der Waals surface area contributed by atoms with Crippen LogP contribution in [0.1, 0.15) is 47.5 Å². The van der Waals surface area contributed by atoms with Crippen LogP contribution in [0.15, 0.2) is 11.6 Å². The maximum Gasteiger partial charge on any atom is 0.341 e. The second-order valence-corrected chi connectivity index (χ2v) is 8.03. The van der Waals surface area contributed by atoms with Gasteiger partial charge in [0.15, 0.2) is 5.60 Å². The van der Waals surface area contributed by atoms with Crippen LogP contribution in [0.4, 0.5) is 0 Å². The van der Waals surface area contributed by atoms with Crippen molar-refractivity contribution in [2.45, 2.75) is 71.3 Å². The van der Waals surface area contributed by atoms with Crippen molar-refractivity contribution >= 4 is 11.9 Å². The Bertz CT molecular complexity index is 577. The van der Waals surface area contributed by atoms with Crippen LogP contribution < -0.4 is 0 Å². The molecule has 154 valence electrons. The molecule has 7 heteroatoms. The summed E-state index contributed by atoms with van der Waals surface area (Å²) in [4.78, 5) is 26.8. The van der Waals surface area contributed by atoms with Crippen molar-refractivity contribution in [2.75, 3.05) is 19.7 Å². The van der Waals surface area contributed by atoms with Gasteiger partial charge in [-0.05, 0) is 46.1 Å². The van der Waals surface area contributed by atoms with Crippen LogP contribution in [0.2, 0.25) is 0 Å². The molecule has 0 aromatic heterocycles. The molecular weight excluding hydrogens is 350 g/mol. The summed E-state index contributed by atoms with van der Waals surface area (Å²) in [7, 11) is 0. The summed E-state index contributed by atoms with van der Waals surface area (Å²) in [5.41, 5.74) is -1.35. The Morgan fingerprint density at radius 3 is 2.44 bits per heavy atom. The molecular formula is C20H33NO6. The van der Waals surface area contributed by atoms with E-state index in [4.69, 9.17) is 9.47 Å². The van der Waals surface area contributed by atoms with Crippen molar-refractivity contribution < 1.29 is 29.3 Å². The van der Waals surface area contributed by atoms with Crippen molar-refractivity contribution in [3.8, 4) is 0 Å². The predicted molar refractivity (Wildman–Crippen MR) is 99.8 cm³/mol. The van der Waals surface area contributed by atoms with Gasteiger partial charge in [-0.1, -0.05) is 19.9 Å². The zero-order valence-electron chi connectivity index (χ0n) is 17.0. The summed E-state index contributed by atoms with van der Waals surface area (Å²) in [5.74, 6) is -1.56. The topological polar surface area (TPSA) is 96.3 Å². The Morgan fingerprint density at radius 2 is 1.89 bits per heavy atom. The molecule has 7 nitrogen and oxygen atoms in total. The van der Waals surface area contributed by atoms with Gasteiger partial charge < -0.3 is 19.7 Å². The molecule has 2 N–H and O–H groups in total. The predicted octanol–water partition coefficient (Wildman–Crippen LogP) is 1.27.